The maximum absolute atomic E-state index is 13.6. The van der Waals surface area contributed by atoms with Crippen molar-refractivity contribution in [2.45, 2.75) is 74.6 Å². The lowest BCUT2D eigenvalue weighted by Crippen LogP contribution is -2.62. The Labute approximate surface area is 254 Å². The molecule has 3 aliphatic rings. The van der Waals surface area contributed by atoms with Gasteiger partial charge in [-0.1, -0.05) is 36.4 Å². The molecule has 0 saturated carbocycles. The van der Waals surface area contributed by atoms with Crippen molar-refractivity contribution < 1.29 is 33.4 Å². The Morgan fingerprint density at radius 3 is 2.07 bits per heavy atom. The first kappa shape index (κ1) is 29.2. The Hall–Kier alpha value is -2.89. The van der Waals surface area contributed by atoms with E-state index < -0.39 is 11.6 Å². The van der Waals surface area contributed by atoms with Crippen LogP contribution in [-0.2, 0) is 42.4 Å². The molecule has 2 aromatic heterocycles. The molecule has 2 unspecified atom stereocenters. The monoisotopic (exact) mass is 609 g/mol. The number of benzene rings is 1. The minimum atomic E-state index is -1.80. The molecule has 10 heteroatoms. The van der Waals surface area contributed by atoms with Gasteiger partial charge in [0.1, 0.15) is 42.7 Å². The number of Topliss-reactive ketones (excluding diaryl/α,β-unsaturated/α-hetero) is 1. The number of hydrogen-bond donors (Lipinski definition) is 1. The number of nitrogens with zero attached hydrogens (tertiary/aromatic N) is 2. The van der Waals surface area contributed by atoms with Crippen LogP contribution in [0.5, 0.6) is 0 Å². The lowest BCUT2D eigenvalue weighted by atomic mass is 9.93. The van der Waals surface area contributed by atoms with Crippen molar-refractivity contribution in [1.82, 2.24) is 4.90 Å². The van der Waals surface area contributed by atoms with Gasteiger partial charge in [-0.3, -0.25) is 9.59 Å². The Morgan fingerprint density at radius 1 is 0.976 bits per heavy atom. The summed E-state index contributed by atoms with van der Waals surface area (Å²) in [7, 11) is 5.60. The molecule has 3 saturated heterocycles. The Bertz CT molecular complexity index is 1380. The molecule has 0 radical (unpaired) electrons. The predicted molar refractivity (Wildman–Crippen MR) is 160 cm³/mol. The molecular weight excluding hydrogens is 572 g/mol. The second-order valence-electron chi connectivity index (χ2n) is 12.2. The van der Waals surface area contributed by atoms with Crippen LogP contribution in [0.4, 0.5) is 0 Å². The maximum Gasteiger partial charge on any atom is 0.349 e. The van der Waals surface area contributed by atoms with Gasteiger partial charge in [-0.2, -0.15) is 0 Å². The van der Waals surface area contributed by atoms with Crippen LogP contribution in [-0.4, -0.2) is 83.7 Å². The van der Waals surface area contributed by atoms with E-state index in [4.69, 9.17) is 9.47 Å². The highest BCUT2D eigenvalue weighted by molar-refractivity contribution is 7.12. The first-order valence-electron chi connectivity index (χ1n) is 14.4. The summed E-state index contributed by atoms with van der Waals surface area (Å²) < 4.78 is 13.0. The van der Waals surface area contributed by atoms with Crippen LogP contribution in [0.3, 0.4) is 0 Å². The summed E-state index contributed by atoms with van der Waals surface area (Å²) in [5.74, 6) is -0.815. The van der Waals surface area contributed by atoms with Gasteiger partial charge in [-0.25, -0.2) is 4.79 Å². The quantitative estimate of drug-likeness (QED) is 0.153. The number of aliphatic hydroxyl groups is 1. The van der Waals surface area contributed by atoms with Crippen molar-refractivity contribution >= 4 is 40.3 Å². The first-order chi connectivity index (χ1) is 20.1. The molecule has 5 heterocycles. The number of ketones is 1. The molecule has 1 aromatic carbocycles. The number of thiophene rings is 2. The minimum absolute atomic E-state index is 0.0422. The number of rotatable bonds is 11. The Morgan fingerprint density at radius 2 is 1.55 bits per heavy atom. The smallest absolute Gasteiger partial charge is 0.349 e. The van der Waals surface area contributed by atoms with Gasteiger partial charge in [-0.15, -0.1) is 22.7 Å². The van der Waals surface area contributed by atoms with Crippen LogP contribution in [0.25, 0.3) is 0 Å². The van der Waals surface area contributed by atoms with E-state index in [1.165, 1.54) is 33.1 Å². The summed E-state index contributed by atoms with van der Waals surface area (Å²) >= 11 is 2.70. The zero-order valence-corrected chi connectivity index (χ0v) is 25.7. The lowest BCUT2D eigenvalue weighted by Gasteiger charge is -2.48. The second kappa shape index (κ2) is 11.3. The summed E-state index contributed by atoms with van der Waals surface area (Å²) in [6, 6.07) is 16.1. The van der Waals surface area contributed by atoms with Gasteiger partial charge >= 0.3 is 5.97 Å². The number of ether oxygens (including phenoxy) is 2. The van der Waals surface area contributed by atoms with E-state index in [0.717, 1.165) is 16.6 Å². The molecule has 3 aliphatic heterocycles. The fraction of sp³-hybridized carbons (Fsp3) is 0.469. The number of likely N-dealkylation sites (N-methyl/N-ethyl adjacent to an activating group) is 1. The number of esters is 1. The van der Waals surface area contributed by atoms with Crippen molar-refractivity contribution in [2.24, 2.45) is 0 Å². The SMILES string of the molecule is CN(C)C(=O)CC(=O)CCc1ccc(C[N+]2(C)[C@@H]3CC(OC(=O)C(O)(c4cccs4)c4cccs4)C[C@H]2[C@@H]2O[C@@H]23)cc1. The molecule has 0 aliphatic carbocycles. The summed E-state index contributed by atoms with van der Waals surface area (Å²) in [4.78, 5) is 40.1. The van der Waals surface area contributed by atoms with Gasteiger partial charge in [0.15, 0.2) is 0 Å². The summed E-state index contributed by atoms with van der Waals surface area (Å²) in [5.41, 5.74) is 0.493. The molecule has 0 spiro atoms. The topological polar surface area (TPSA) is 96.4 Å². The first-order valence-corrected chi connectivity index (χ1v) is 16.2. The summed E-state index contributed by atoms with van der Waals surface area (Å²) in [6.07, 6.45) is 2.37. The van der Waals surface area contributed by atoms with E-state index in [2.05, 4.69) is 31.3 Å². The molecule has 6 rings (SSSR count). The van der Waals surface area contributed by atoms with Crippen LogP contribution in [0.15, 0.2) is 59.3 Å². The third-order valence-corrected chi connectivity index (χ3v) is 11.2. The van der Waals surface area contributed by atoms with Crippen molar-refractivity contribution in [3.05, 3.63) is 80.2 Å². The van der Waals surface area contributed by atoms with E-state index in [-0.39, 0.29) is 48.5 Å². The predicted octanol–water partition coefficient (Wildman–Crippen LogP) is 3.90. The van der Waals surface area contributed by atoms with Crippen molar-refractivity contribution in [3.8, 4) is 0 Å². The molecule has 1 N–H and O–H groups in total. The fourth-order valence-electron chi connectivity index (χ4n) is 6.82. The Kier molecular flexibility index (Phi) is 7.86. The molecule has 42 heavy (non-hydrogen) atoms. The van der Waals surface area contributed by atoms with Gasteiger partial charge in [0.25, 0.3) is 0 Å². The number of morpholine rings is 1. The molecule has 6 atom stereocenters. The van der Waals surface area contributed by atoms with E-state index in [1.54, 1.807) is 26.2 Å². The van der Waals surface area contributed by atoms with E-state index in [9.17, 15) is 19.5 Å². The van der Waals surface area contributed by atoms with Crippen molar-refractivity contribution in [3.63, 3.8) is 0 Å². The van der Waals surface area contributed by atoms with Gasteiger partial charge in [0.2, 0.25) is 11.5 Å². The molecule has 8 nitrogen and oxygen atoms in total. The fourth-order valence-corrected chi connectivity index (χ4v) is 8.53. The van der Waals surface area contributed by atoms with Crippen molar-refractivity contribution in [2.75, 3.05) is 21.1 Å². The number of carbonyl (C=O) groups excluding carboxylic acids is 3. The molecule has 3 fully saturated rings. The number of quaternary nitrogens is 1. The van der Waals surface area contributed by atoms with Crippen molar-refractivity contribution in [1.29, 1.82) is 0 Å². The number of epoxide rings is 1. The third-order valence-electron chi connectivity index (χ3n) is 9.25. The average molecular weight is 610 g/mol. The second-order valence-corrected chi connectivity index (χ2v) is 14.1. The van der Waals surface area contributed by atoms with Gasteiger partial charge < -0.3 is 24.0 Å². The number of amides is 1. The van der Waals surface area contributed by atoms with E-state index >= 15 is 0 Å². The molecule has 3 aromatic rings. The number of hydrogen-bond acceptors (Lipinski definition) is 8. The average Bonchev–Trinajstić information content (AvgIpc) is 3.29. The van der Waals surface area contributed by atoms with Gasteiger partial charge in [0, 0.05) is 38.9 Å². The number of aryl methyl sites for hydroxylation is 1. The number of fused-ring (bicyclic) bond motifs is 5. The highest BCUT2D eigenvalue weighted by Gasteiger charge is 2.72. The van der Waals surface area contributed by atoms with Gasteiger partial charge in [0.05, 0.1) is 23.2 Å². The third kappa shape index (κ3) is 5.35. The molecule has 222 valence electrons. The summed E-state index contributed by atoms with van der Waals surface area (Å²) in [5, 5.41) is 15.4. The van der Waals surface area contributed by atoms with Crippen LogP contribution in [0.1, 0.15) is 46.6 Å². The zero-order chi connectivity index (χ0) is 29.6. The maximum atomic E-state index is 13.6. The lowest BCUT2D eigenvalue weighted by molar-refractivity contribution is -0.968. The highest BCUT2D eigenvalue weighted by Crippen LogP contribution is 2.53. The van der Waals surface area contributed by atoms with Crippen LogP contribution < -0.4 is 0 Å². The number of carbonyl (C=O) groups is 3. The van der Waals surface area contributed by atoms with Crippen LogP contribution in [0, 0.1) is 0 Å². The van der Waals surface area contributed by atoms with Crippen LogP contribution in [0.2, 0.25) is 0 Å². The normalized spacial score (nSPS) is 27.8. The molecule has 2 bridgehead atoms. The van der Waals surface area contributed by atoms with E-state index in [1.807, 2.05) is 22.9 Å². The Balaban J connectivity index is 1.09. The summed E-state index contributed by atoms with van der Waals surface area (Å²) in [6.45, 7) is 0.844. The number of piperidine rings is 1. The molecule has 1 amide bonds. The minimum Gasteiger partial charge on any atom is -0.459 e. The zero-order valence-electron chi connectivity index (χ0n) is 24.1. The van der Waals surface area contributed by atoms with Gasteiger partial charge in [-0.05, 0) is 34.9 Å². The van der Waals surface area contributed by atoms with E-state index in [0.29, 0.717) is 35.4 Å². The highest BCUT2D eigenvalue weighted by atomic mass is 32.1. The molecular formula is C32H37N2O6S2+. The standard InChI is InChI=1S/C32H37N2O6S2/c1-33(2)28(36)16-22(35)13-12-20-8-10-21(11-9-20)19-34(3)24-17-23(18-25(34)30-29(24)40-30)39-31(37)32(38,26-6-4-14-41-26)27-7-5-15-42-27/h4-11,14-15,23-25,29-30,38H,12-13,16-19H2,1-3H3/q+1/t23?,24-,25+,29-,30+,34?. The largest absolute Gasteiger partial charge is 0.459 e. The van der Waals surface area contributed by atoms with Crippen LogP contribution >= 0.6 is 22.7 Å².